The highest BCUT2D eigenvalue weighted by atomic mass is 35.5. The van der Waals surface area contributed by atoms with E-state index in [1.165, 1.54) is 0 Å². The fourth-order valence-corrected chi connectivity index (χ4v) is 4.61. The second kappa shape index (κ2) is 11.4. The van der Waals surface area contributed by atoms with Crippen molar-refractivity contribution in [2.45, 2.75) is 20.5 Å². The van der Waals surface area contributed by atoms with E-state index in [0.717, 1.165) is 21.7 Å². The maximum absolute atomic E-state index is 13.3. The Hall–Kier alpha value is -4.93. The molecule has 7 nitrogen and oxygen atoms in total. The first-order chi connectivity index (χ1) is 19.4. The summed E-state index contributed by atoms with van der Waals surface area (Å²) in [4.78, 5) is 27.1. The first kappa shape index (κ1) is 26.7. The van der Waals surface area contributed by atoms with Gasteiger partial charge in [0.2, 0.25) is 0 Å². The van der Waals surface area contributed by atoms with E-state index in [4.69, 9.17) is 21.4 Å². The topological polar surface area (TPSA) is 88.2 Å². The van der Waals surface area contributed by atoms with Crippen molar-refractivity contribution < 1.29 is 14.3 Å². The minimum absolute atomic E-state index is 0.0395. The van der Waals surface area contributed by atoms with E-state index in [1.54, 1.807) is 24.6 Å². The molecule has 198 valence electrons. The van der Waals surface area contributed by atoms with Gasteiger partial charge in [-0.15, -0.1) is 0 Å². The van der Waals surface area contributed by atoms with Crippen molar-refractivity contribution in [1.82, 2.24) is 14.7 Å². The van der Waals surface area contributed by atoms with Crippen LogP contribution < -0.4 is 4.74 Å². The molecule has 0 radical (unpaired) electrons. The lowest BCUT2D eigenvalue weighted by Crippen LogP contribution is -2.42. The van der Waals surface area contributed by atoms with Crippen molar-refractivity contribution in [3.8, 4) is 28.8 Å². The normalized spacial score (nSPS) is 14.6. The number of imide groups is 1. The minimum Gasteiger partial charge on any atom is -0.489 e. The molecule has 1 aromatic heterocycles. The van der Waals surface area contributed by atoms with Gasteiger partial charge in [-0.2, -0.15) is 10.4 Å². The van der Waals surface area contributed by atoms with Gasteiger partial charge in [-0.3, -0.25) is 14.5 Å². The maximum atomic E-state index is 13.3. The van der Waals surface area contributed by atoms with E-state index in [1.807, 2.05) is 91.1 Å². The fourth-order valence-electron chi connectivity index (χ4n) is 4.48. The van der Waals surface area contributed by atoms with E-state index >= 15 is 0 Å². The van der Waals surface area contributed by atoms with Crippen molar-refractivity contribution in [1.29, 1.82) is 5.26 Å². The number of hydrogen-bond donors (Lipinski definition) is 0. The maximum Gasteiger partial charge on any atom is 0.271 e. The molecule has 0 saturated heterocycles. The number of likely N-dealkylation sites (N-methyl/N-ethyl adjacent to an activating group) is 1. The molecule has 0 N–H and O–H groups in total. The molecule has 0 unspecified atom stereocenters. The number of carbonyl (C=O) groups excluding carboxylic acids is 2. The van der Waals surface area contributed by atoms with Crippen LogP contribution in [0.4, 0.5) is 0 Å². The Labute approximate surface area is 237 Å². The third-order valence-corrected chi connectivity index (χ3v) is 6.88. The number of nitriles is 1. The van der Waals surface area contributed by atoms with Gasteiger partial charge in [-0.05, 0) is 67.5 Å². The highest BCUT2D eigenvalue weighted by molar-refractivity contribution is 6.30. The van der Waals surface area contributed by atoms with E-state index in [0.29, 0.717) is 34.2 Å². The molecule has 3 aromatic carbocycles. The lowest BCUT2D eigenvalue weighted by atomic mass is 9.93. The van der Waals surface area contributed by atoms with Crippen LogP contribution in [-0.2, 0) is 16.2 Å². The molecule has 0 atom stereocenters. The van der Waals surface area contributed by atoms with Crippen LogP contribution in [0.2, 0.25) is 5.02 Å². The fraction of sp³-hybridized carbons (Fsp3) is 0.125. The monoisotopic (exact) mass is 548 g/mol. The zero-order valence-electron chi connectivity index (χ0n) is 22.0. The Morgan fingerprint density at radius 2 is 1.75 bits per heavy atom. The molecule has 0 fully saturated rings. The summed E-state index contributed by atoms with van der Waals surface area (Å²) < 4.78 is 7.78. The lowest BCUT2D eigenvalue weighted by Gasteiger charge is -2.26. The van der Waals surface area contributed by atoms with Crippen LogP contribution in [0.15, 0.2) is 102 Å². The van der Waals surface area contributed by atoms with Gasteiger partial charge in [0.1, 0.15) is 29.7 Å². The molecule has 8 heteroatoms. The van der Waals surface area contributed by atoms with Gasteiger partial charge in [0.25, 0.3) is 11.8 Å². The quantitative estimate of drug-likeness (QED) is 0.197. The standard InChI is InChI=1S/C32H25ClN4O3/c1-3-36-31(38)28(21(2)29(18-34)32(36)39)17-24-19-37(26-9-5-4-6-10-26)35-30(24)23-8-7-11-27(16-23)40-20-22-12-14-25(33)15-13-22/h4-17,19H,3,20H2,1-2H3/b28-17+. The molecule has 1 aliphatic rings. The molecule has 1 aliphatic heterocycles. The first-order valence-corrected chi connectivity index (χ1v) is 13.1. The number of benzene rings is 3. The average Bonchev–Trinajstić information content (AvgIpc) is 3.40. The van der Waals surface area contributed by atoms with Gasteiger partial charge in [0.05, 0.1) is 5.69 Å². The molecule has 2 heterocycles. The molecule has 0 bridgehead atoms. The Balaban J connectivity index is 1.58. The molecule has 5 rings (SSSR count). The Bertz CT molecular complexity index is 1700. The summed E-state index contributed by atoms with van der Waals surface area (Å²) in [6.07, 6.45) is 3.53. The van der Waals surface area contributed by atoms with Gasteiger partial charge in [0, 0.05) is 34.5 Å². The van der Waals surface area contributed by atoms with Gasteiger partial charge in [0.15, 0.2) is 0 Å². The SMILES string of the molecule is CCN1C(=O)C(C#N)=C(C)/C(=C\c2cn(-c3ccccc3)nc2-c2cccc(OCc3ccc(Cl)cc3)c2)C1=O. The summed E-state index contributed by atoms with van der Waals surface area (Å²) in [5.74, 6) is -0.363. The van der Waals surface area contributed by atoms with Crippen LogP contribution in [0.25, 0.3) is 23.0 Å². The number of aromatic nitrogens is 2. The predicted octanol–water partition coefficient (Wildman–Crippen LogP) is 6.38. The lowest BCUT2D eigenvalue weighted by molar-refractivity contribution is -0.140. The highest BCUT2D eigenvalue weighted by Crippen LogP contribution is 2.32. The third-order valence-electron chi connectivity index (χ3n) is 6.63. The van der Waals surface area contributed by atoms with E-state index in [9.17, 15) is 14.9 Å². The summed E-state index contributed by atoms with van der Waals surface area (Å²) in [5, 5.41) is 15.2. The first-order valence-electron chi connectivity index (χ1n) is 12.7. The number of amides is 2. The largest absolute Gasteiger partial charge is 0.489 e. The minimum atomic E-state index is -0.574. The highest BCUT2D eigenvalue weighted by Gasteiger charge is 2.34. The van der Waals surface area contributed by atoms with E-state index in [2.05, 4.69) is 0 Å². The van der Waals surface area contributed by atoms with Crippen LogP contribution in [0.3, 0.4) is 0 Å². The second-order valence-corrected chi connectivity index (χ2v) is 9.62. The summed E-state index contributed by atoms with van der Waals surface area (Å²) in [6, 6.07) is 26.6. The molecule has 0 spiro atoms. The molecular formula is C32H25ClN4O3. The van der Waals surface area contributed by atoms with Crippen molar-refractivity contribution in [3.05, 3.63) is 118 Å². The smallest absolute Gasteiger partial charge is 0.271 e. The summed E-state index contributed by atoms with van der Waals surface area (Å²) in [7, 11) is 0. The number of para-hydroxylation sites is 1. The number of carbonyl (C=O) groups is 2. The number of halogens is 1. The third kappa shape index (κ3) is 5.31. The summed E-state index contributed by atoms with van der Waals surface area (Å²) in [5.41, 5.74) is 4.47. The molecule has 0 saturated carbocycles. The van der Waals surface area contributed by atoms with Crippen molar-refractivity contribution >= 4 is 29.5 Å². The van der Waals surface area contributed by atoms with Crippen LogP contribution in [0, 0.1) is 11.3 Å². The summed E-state index contributed by atoms with van der Waals surface area (Å²) >= 11 is 5.99. The van der Waals surface area contributed by atoms with E-state index in [-0.39, 0.29) is 17.7 Å². The Morgan fingerprint density at radius 1 is 1.00 bits per heavy atom. The number of nitrogens with zero attached hydrogens (tertiary/aromatic N) is 4. The number of hydrogen-bond acceptors (Lipinski definition) is 5. The average molecular weight is 549 g/mol. The van der Waals surface area contributed by atoms with Crippen molar-refractivity contribution in [2.24, 2.45) is 0 Å². The molecule has 40 heavy (non-hydrogen) atoms. The molecule has 4 aromatic rings. The predicted molar refractivity (Wildman–Crippen MR) is 153 cm³/mol. The van der Waals surface area contributed by atoms with Crippen LogP contribution in [0.5, 0.6) is 5.75 Å². The van der Waals surface area contributed by atoms with Crippen LogP contribution in [0.1, 0.15) is 25.0 Å². The zero-order chi connectivity index (χ0) is 28.2. The molecule has 0 aliphatic carbocycles. The number of rotatable bonds is 7. The molecular weight excluding hydrogens is 524 g/mol. The van der Waals surface area contributed by atoms with Gasteiger partial charge in [-0.1, -0.05) is 54.1 Å². The van der Waals surface area contributed by atoms with Gasteiger partial charge < -0.3 is 4.74 Å². The van der Waals surface area contributed by atoms with Gasteiger partial charge in [-0.25, -0.2) is 4.68 Å². The second-order valence-electron chi connectivity index (χ2n) is 9.18. The summed E-state index contributed by atoms with van der Waals surface area (Å²) in [6.45, 7) is 3.86. The number of ether oxygens (including phenoxy) is 1. The van der Waals surface area contributed by atoms with Crippen LogP contribution in [-0.4, -0.2) is 33.0 Å². The Kier molecular flexibility index (Phi) is 7.63. The van der Waals surface area contributed by atoms with E-state index < -0.39 is 11.8 Å². The van der Waals surface area contributed by atoms with Crippen LogP contribution >= 0.6 is 11.6 Å². The Morgan fingerprint density at radius 3 is 2.45 bits per heavy atom. The molecule has 2 amide bonds. The van der Waals surface area contributed by atoms with Gasteiger partial charge >= 0.3 is 0 Å². The zero-order valence-corrected chi connectivity index (χ0v) is 22.7. The van der Waals surface area contributed by atoms with Crippen molar-refractivity contribution in [2.75, 3.05) is 6.54 Å². The van der Waals surface area contributed by atoms with Crippen molar-refractivity contribution in [3.63, 3.8) is 0 Å².